The molecule has 3 aromatic rings. The maximum atomic E-state index is 14.3. The second-order valence-electron chi connectivity index (χ2n) is 8.88. The van der Waals surface area contributed by atoms with Crippen molar-refractivity contribution in [3.05, 3.63) is 95.6 Å². The maximum Gasteiger partial charge on any atom is 0.248 e. The van der Waals surface area contributed by atoms with E-state index in [1.165, 1.54) is 23.5 Å². The van der Waals surface area contributed by atoms with E-state index in [9.17, 15) is 14.0 Å². The van der Waals surface area contributed by atoms with E-state index in [1.807, 2.05) is 37.3 Å². The van der Waals surface area contributed by atoms with E-state index in [1.54, 1.807) is 30.6 Å². The Morgan fingerprint density at radius 1 is 1.06 bits per heavy atom. The van der Waals surface area contributed by atoms with Gasteiger partial charge in [-0.2, -0.15) is 0 Å². The second-order valence-corrected chi connectivity index (χ2v) is 8.88. The van der Waals surface area contributed by atoms with E-state index in [4.69, 9.17) is 0 Å². The first-order valence-corrected chi connectivity index (χ1v) is 11.9. The molecular weight excluding hydrogens is 429 g/mol. The Bertz CT molecular complexity index is 1130. The van der Waals surface area contributed by atoms with Gasteiger partial charge < -0.3 is 5.32 Å². The average molecular weight is 460 g/mol. The lowest BCUT2D eigenvalue weighted by molar-refractivity contribution is -0.127. The summed E-state index contributed by atoms with van der Waals surface area (Å²) in [5.74, 6) is -1.01. The fraction of sp³-hybridized carbons (Fsp3) is 0.321. The number of aryl methyl sites for hydroxylation is 1. The van der Waals surface area contributed by atoms with Crippen LogP contribution in [0.5, 0.6) is 0 Å². The summed E-state index contributed by atoms with van der Waals surface area (Å²) in [4.78, 5) is 33.1. The average Bonchev–Trinajstić information content (AvgIpc) is 2.84. The monoisotopic (exact) mass is 459 g/mol. The number of hydrogen-bond acceptors (Lipinski definition) is 3. The van der Waals surface area contributed by atoms with Gasteiger partial charge in [-0.15, -0.1) is 0 Å². The van der Waals surface area contributed by atoms with Crippen LogP contribution in [0.15, 0.2) is 73.1 Å². The van der Waals surface area contributed by atoms with E-state index < -0.39 is 11.9 Å². The van der Waals surface area contributed by atoms with Gasteiger partial charge in [-0.25, -0.2) is 4.39 Å². The van der Waals surface area contributed by atoms with Gasteiger partial charge in [-0.1, -0.05) is 55.7 Å². The van der Waals surface area contributed by atoms with Crippen molar-refractivity contribution in [2.75, 3.05) is 4.90 Å². The van der Waals surface area contributed by atoms with Gasteiger partial charge in [-0.05, 0) is 60.7 Å². The molecule has 1 aliphatic carbocycles. The van der Waals surface area contributed by atoms with Gasteiger partial charge >= 0.3 is 0 Å². The Balaban J connectivity index is 1.77. The van der Waals surface area contributed by atoms with Crippen molar-refractivity contribution in [2.45, 2.75) is 57.5 Å². The molecule has 1 atom stereocenters. The predicted octanol–water partition coefficient (Wildman–Crippen LogP) is 5.30. The number of halogens is 1. The Hall–Kier alpha value is -3.54. The molecular formula is C28H30FN3O2. The summed E-state index contributed by atoms with van der Waals surface area (Å²) in [5, 5.41) is 3.19. The van der Waals surface area contributed by atoms with Crippen LogP contribution in [-0.2, 0) is 16.0 Å². The highest BCUT2D eigenvalue weighted by molar-refractivity contribution is 6.02. The van der Waals surface area contributed by atoms with Crippen molar-refractivity contribution < 1.29 is 14.0 Å². The van der Waals surface area contributed by atoms with Gasteiger partial charge in [0.05, 0.1) is 6.42 Å². The number of benzene rings is 2. The van der Waals surface area contributed by atoms with Crippen LogP contribution in [0.25, 0.3) is 0 Å². The minimum Gasteiger partial charge on any atom is -0.351 e. The van der Waals surface area contributed by atoms with Crippen molar-refractivity contribution in [3.63, 3.8) is 0 Å². The molecule has 2 amide bonds. The highest BCUT2D eigenvalue weighted by Crippen LogP contribution is 2.32. The molecule has 1 aromatic heterocycles. The summed E-state index contributed by atoms with van der Waals surface area (Å²) >= 11 is 0. The third-order valence-corrected chi connectivity index (χ3v) is 6.37. The Labute approximate surface area is 200 Å². The second kappa shape index (κ2) is 11.1. The number of nitrogens with zero attached hydrogens (tertiary/aromatic N) is 2. The minimum atomic E-state index is -0.922. The molecule has 2 aromatic carbocycles. The van der Waals surface area contributed by atoms with Crippen molar-refractivity contribution >= 4 is 17.5 Å². The molecule has 0 bridgehead atoms. The number of carbonyl (C=O) groups is 2. The summed E-state index contributed by atoms with van der Waals surface area (Å²) in [6.07, 6.45) is 8.50. The fourth-order valence-electron chi connectivity index (χ4n) is 4.64. The fourth-order valence-corrected chi connectivity index (χ4v) is 4.64. The number of anilines is 1. The van der Waals surface area contributed by atoms with Crippen LogP contribution in [0, 0.1) is 12.7 Å². The first kappa shape index (κ1) is 23.6. The zero-order chi connectivity index (χ0) is 23.9. The molecule has 1 N–H and O–H groups in total. The lowest BCUT2D eigenvalue weighted by Crippen LogP contribution is -2.48. The van der Waals surface area contributed by atoms with Gasteiger partial charge in [0.1, 0.15) is 11.9 Å². The quantitative estimate of drug-likeness (QED) is 0.522. The molecule has 0 radical (unpaired) electrons. The number of rotatable bonds is 7. The zero-order valence-corrected chi connectivity index (χ0v) is 19.4. The molecule has 176 valence electrons. The normalized spacial score (nSPS) is 14.9. The molecule has 1 saturated carbocycles. The standard InChI is InChI=1S/C28H30FN3O2/c1-20-9-5-6-15-25(20)27(28(34)31-23-12-3-2-4-13-23)32(24-14-7-11-22(29)18-24)26(33)17-21-10-8-16-30-19-21/h5-11,14-16,18-19,23,27H,2-4,12-13,17H2,1H3,(H,31,34). The molecule has 6 heteroatoms. The molecule has 1 unspecified atom stereocenters. The smallest absolute Gasteiger partial charge is 0.248 e. The summed E-state index contributed by atoms with van der Waals surface area (Å²) in [6.45, 7) is 1.92. The molecule has 0 aliphatic heterocycles. The van der Waals surface area contributed by atoms with Crippen LogP contribution >= 0.6 is 0 Å². The van der Waals surface area contributed by atoms with Gasteiger partial charge in [-0.3, -0.25) is 19.5 Å². The van der Waals surface area contributed by atoms with Gasteiger partial charge in [0.2, 0.25) is 11.8 Å². The lowest BCUT2D eigenvalue weighted by atomic mass is 9.93. The van der Waals surface area contributed by atoms with E-state index in [0.717, 1.165) is 42.4 Å². The molecule has 5 nitrogen and oxygen atoms in total. The lowest BCUT2D eigenvalue weighted by Gasteiger charge is -2.34. The van der Waals surface area contributed by atoms with Crippen molar-refractivity contribution in [2.24, 2.45) is 0 Å². The number of carbonyl (C=O) groups excluding carboxylic acids is 2. The van der Waals surface area contributed by atoms with E-state index in [0.29, 0.717) is 5.69 Å². The number of aromatic nitrogens is 1. The van der Waals surface area contributed by atoms with Crippen LogP contribution in [0.3, 0.4) is 0 Å². The number of hydrogen-bond donors (Lipinski definition) is 1. The van der Waals surface area contributed by atoms with E-state index in [2.05, 4.69) is 10.3 Å². The number of amides is 2. The first-order chi connectivity index (χ1) is 16.5. The Kier molecular flexibility index (Phi) is 7.68. The Morgan fingerprint density at radius 2 is 1.85 bits per heavy atom. The van der Waals surface area contributed by atoms with Crippen LogP contribution < -0.4 is 10.2 Å². The maximum absolute atomic E-state index is 14.3. The zero-order valence-electron chi connectivity index (χ0n) is 19.4. The molecule has 0 saturated heterocycles. The summed E-state index contributed by atoms with van der Waals surface area (Å²) in [6, 6.07) is 16.2. The highest BCUT2D eigenvalue weighted by Gasteiger charge is 2.35. The summed E-state index contributed by atoms with van der Waals surface area (Å²) < 4.78 is 14.3. The molecule has 1 heterocycles. The molecule has 34 heavy (non-hydrogen) atoms. The SMILES string of the molecule is Cc1ccccc1C(C(=O)NC1CCCCC1)N(C(=O)Cc1cccnc1)c1cccc(F)c1. The van der Waals surface area contributed by atoms with E-state index in [-0.39, 0.29) is 24.3 Å². The highest BCUT2D eigenvalue weighted by atomic mass is 19.1. The first-order valence-electron chi connectivity index (χ1n) is 11.9. The van der Waals surface area contributed by atoms with Gasteiger partial charge in [0.25, 0.3) is 0 Å². The minimum absolute atomic E-state index is 0.0451. The third kappa shape index (κ3) is 5.68. The number of nitrogens with one attached hydrogen (secondary N) is 1. The van der Waals surface area contributed by atoms with Crippen LogP contribution in [0.1, 0.15) is 54.8 Å². The van der Waals surface area contributed by atoms with Crippen molar-refractivity contribution in [3.8, 4) is 0 Å². The van der Waals surface area contributed by atoms with Crippen molar-refractivity contribution in [1.82, 2.24) is 10.3 Å². The third-order valence-electron chi connectivity index (χ3n) is 6.37. The Morgan fingerprint density at radius 3 is 2.56 bits per heavy atom. The van der Waals surface area contributed by atoms with Crippen LogP contribution in [0.2, 0.25) is 0 Å². The molecule has 0 spiro atoms. The number of pyridine rings is 1. The van der Waals surface area contributed by atoms with Gasteiger partial charge in [0.15, 0.2) is 0 Å². The van der Waals surface area contributed by atoms with E-state index >= 15 is 0 Å². The van der Waals surface area contributed by atoms with Gasteiger partial charge in [0, 0.05) is 24.1 Å². The molecule has 1 fully saturated rings. The predicted molar refractivity (Wildman–Crippen MR) is 131 cm³/mol. The van der Waals surface area contributed by atoms with Crippen molar-refractivity contribution in [1.29, 1.82) is 0 Å². The molecule has 1 aliphatic rings. The summed E-state index contributed by atoms with van der Waals surface area (Å²) in [5.41, 5.74) is 2.69. The van der Waals surface area contributed by atoms with Crippen LogP contribution in [0.4, 0.5) is 10.1 Å². The molecule has 4 rings (SSSR count). The topological polar surface area (TPSA) is 62.3 Å². The van der Waals surface area contributed by atoms with Crippen LogP contribution in [-0.4, -0.2) is 22.8 Å². The largest absolute Gasteiger partial charge is 0.351 e. The summed E-state index contributed by atoms with van der Waals surface area (Å²) in [7, 11) is 0.